The number of hydrogen-bond donors (Lipinski definition) is 1. The van der Waals surface area contributed by atoms with Crippen LogP contribution in [0.1, 0.15) is 0 Å². The van der Waals surface area contributed by atoms with E-state index in [1.165, 1.54) is 0 Å². The first-order chi connectivity index (χ1) is 8.92. The molecule has 0 atom stereocenters. The molecular weight excluding hydrogens is 226 g/mol. The van der Waals surface area contributed by atoms with Gasteiger partial charge in [-0.2, -0.15) is 5.10 Å². The first kappa shape index (κ1) is 10.5. The molecule has 0 amide bonds. The highest BCUT2D eigenvalue weighted by Gasteiger charge is 2.00. The Labute approximate surface area is 104 Å². The van der Waals surface area contributed by atoms with Crippen molar-refractivity contribution in [2.45, 2.75) is 0 Å². The van der Waals surface area contributed by atoms with Crippen LogP contribution in [0.25, 0.3) is 11.3 Å². The van der Waals surface area contributed by atoms with Gasteiger partial charge in [0.2, 0.25) is 0 Å². The summed E-state index contributed by atoms with van der Waals surface area (Å²) in [7, 11) is 0. The maximum atomic E-state index is 5.66. The van der Waals surface area contributed by atoms with Crippen LogP contribution in [-0.4, -0.2) is 15.2 Å². The molecule has 4 heteroatoms. The Kier molecular flexibility index (Phi) is 2.75. The SMILES string of the molecule is c1cncc(Oc2ccc(-c3ccn[nH]3)cc2)c1. The molecule has 0 aliphatic heterocycles. The molecule has 0 aliphatic rings. The van der Waals surface area contributed by atoms with Crippen molar-refractivity contribution in [1.82, 2.24) is 15.2 Å². The van der Waals surface area contributed by atoms with Gasteiger partial charge in [0, 0.05) is 12.4 Å². The predicted molar refractivity (Wildman–Crippen MR) is 68.3 cm³/mol. The minimum absolute atomic E-state index is 0.729. The van der Waals surface area contributed by atoms with E-state index in [1.54, 1.807) is 18.6 Å². The van der Waals surface area contributed by atoms with Crippen LogP contribution >= 0.6 is 0 Å². The number of H-pyrrole nitrogens is 1. The Bertz CT molecular complexity index is 603. The third kappa shape index (κ3) is 2.22. The summed E-state index contributed by atoms with van der Waals surface area (Å²) in [6, 6.07) is 13.5. The first-order valence-corrected chi connectivity index (χ1v) is 5.59. The van der Waals surface area contributed by atoms with Crippen molar-refractivity contribution in [3.8, 4) is 22.8 Å². The third-order valence-electron chi connectivity index (χ3n) is 2.54. The molecule has 0 spiro atoms. The largest absolute Gasteiger partial charge is 0.456 e. The van der Waals surface area contributed by atoms with Crippen LogP contribution in [0.5, 0.6) is 11.5 Å². The Balaban J connectivity index is 1.80. The van der Waals surface area contributed by atoms with Crippen molar-refractivity contribution in [1.29, 1.82) is 0 Å². The van der Waals surface area contributed by atoms with Crippen LogP contribution in [0.15, 0.2) is 61.1 Å². The normalized spacial score (nSPS) is 10.2. The zero-order valence-corrected chi connectivity index (χ0v) is 9.58. The summed E-state index contributed by atoms with van der Waals surface area (Å²) in [6.45, 7) is 0. The predicted octanol–water partition coefficient (Wildman–Crippen LogP) is 3.26. The molecule has 18 heavy (non-hydrogen) atoms. The number of ether oxygens (including phenoxy) is 1. The molecule has 0 unspecified atom stereocenters. The summed E-state index contributed by atoms with van der Waals surface area (Å²) in [6.07, 6.45) is 5.13. The lowest BCUT2D eigenvalue weighted by atomic mass is 10.1. The van der Waals surface area contributed by atoms with E-state index in [4.69, 9.17) is 4.74 Å². The second-order valence-corrected chi connectivity index (χ2v) is 3.79. The fraction of sp³-hybridized carbons (Fsp3) is 0. The molecule has 4 nitrogen and oxygen atoms in total. The van der Waals surface area contributed by atoms with Crippen LogP contribution in [-0.2, 0) is 0 Å². The molecule has 0 saturated carbocycles. The minimum atomic E-state index is 0.729. The van der Waals surface area contributed by atoms with Gasteiger partial charge in [-0.25, -0.2) is 0 Å². The Morgan fingerprint density at radius 2 is 1.78 bits per heavy atom. The topological polar surface area (TPSA) is 50.8 Å². The zero-order chi connectivity index (χ0) is 12.2. The molecule has 0 fully saturated rings. The molecule has 1 N–H and O–H groups in total. The number of aromatic amines is 1. The van der Waals surface area contributed by atoms with Crippen molar-refractivity contribution in [3.05, 3.63) is 61.1 Å². The number of benzene rings is 1. The van der Waals surface area contributed by atoms with E-state index in [2.05, 4.69) is 15.2 Å². The van der Waals surface area contributed by atoms with Crippen LogP contribution in [0, 0.1) is 0 Å². The van der Waals surface area contributed by atoms with E-state index >= 15 is 0 Å². The van der Waals surface area contributed by atoms with Gasteiger partial charge in [0.1, 0.15) is 11.5 Å². The highest BCUT2D eigenvalue weighted by Crippen LogP contribution is 2.23. The van der Waals surface area contributed by atoms with Crippen LogP contribution in [0.4, 0.5) is 0 Å². The standard InChI is InChI=1S/C14H11N3O/c1-2-13(10-15-8-1)18-12-5-3-11(4-6-12)14-7-9-16-17-14/h1-10H,(H,16,17). The maximum Gasteiger partial charge on any atom is 0.145 e. The van der Waals surface area contributed by atoms with Crippen LogP contribution in [0.3, 0.4) is 0 Å². The molecule has 0 radical (unpaired) electrons. The Morgan fingerprint density at radius 3 is 2.44 bits per heavy atom. The van der Waals surface area contributed by atoms with Gasteiger partial charge in [-0.15, -0.1) is 0 Å². The quantitative estimate of drug-likeness (QED) is 0.760. The molecule has 0 aliphatic carbocycles. The summed E-state index contributed by atoms with van der Waals surface area (Å²) in [4.78, 5) is 4.00. The molecule has 1 aromatic carbocycles. The average molecular weight is 237 g/mol. The molecular formula is C14H11N3O. The highest BCUT2D eigenvalue weighted by atomic mass is 16.5. The van der Waals surface area contributed by atoms with Crippen LogP contribution in [0.2, 0.25) is 0 Å². The molecule has 3 rings (SSSR count). The average Bonchev–Trinajstić information content (AvgIpc) is 2.95. The number of nitrogens with one attached hydrogen (secondary N) is 1. The third-order valence-corrected chi connectivity index (χ3v) is 2.54. The molecule has 3 aromatic rings. The number of pyridine rings is 1. The van der Waals surface area contributed by atoms with Crippen LogP contribution < -0.4 is 4.74 Å². The monoisotopic (exact) mass is 237 g/mol. The second-order valence-electron chi connectivity index (χ2n) is 3.79. The van der Waals surface area contributed by atoms with Gasteiger partial charge in [0.15, 0.2) is 0 Å². The van der Waals surface area contributed by atoms with Crippen molar-refractivity contribution in [2.24, 2.45) is 0 Å². The van der Waals surface area contributed by atoms with Crippen molar-refractivity contribution in [3.63, 3.8) is 0 Å². The summed E-state index contributed by atoms with van der Waals surface area (Å²) in [5, 5.41) is 6.85. The fourth-order valence-electron chi connectivity index (χ4n) is 1.66. The summed E-state index contributed by atoms with van der Waals surface area (Å²) in [5.74, 6) is 1.51. The first-order valence-electron chi connectivity index (χ1n) is 5.59. The number of rotatable bonds is 3. The van der Waals surface area contributed by atoms with Gasteiger partial charge in [-0.3, -0.25) is 10.1 Å². The summed E-state index contributed by atoms with van der Waals surface area (Å²) < 4.78 is 5.66. The zero-order valence-electron chi connectivity index (χ0n) is 9.58. The van der Waals surface area contributed by atoms with Gasteiger partial charge >= 0.3 is 0 Å². The Morgan fingerprint density at radius 1 is 0.889 bits per heavy atom. The van der Waals surface area contributed by atoms with E-state index in [0.717, 1.165) is 22.8 Å². The lowest BCUT2D eigenvalue weighted by Crippen LogP contribution is -1.85. The van der Waals surface area contributed by atoms with E-state index in [9.17, 15) is 0 Å². The van der Waals surface area contributed by atoms with Gasteiger partial charge in [0.25, 0.3) is 0 Å². The number of aromatic nitrogens is 3. The van der Waals surface area contributed by atoms with Crippen molar-refractivity contribution >= 4 is 0 Å². The van der Waals surface area contributed by atoms with Gasteiger partial charge < -0.3 is 4.74 Å². The molecule has 2 heterocycles. The molecule has 2 aromatic heterocycles. The maximum absolute atomic E-state index is 5.66. The van der Waals surface area contributed by atoms with Gasteiger partial charge in [-0.1, -0.05) is 0 Å². The van der Waals surface area contributed by atoms with Gasteiger partial charge in [-0.05, 0) is 48.0 Å². The fourth-order valence-corrected chi connectivity index (χ4v) is 1.66. The molecule has 88 valence electrons. The lowest BCUT2D eigenvalue weighted by molar-refractivity contribution is 0.480. The van der Waals surface area contributed by atoms with E-state index in [1.807, 2.05) is 42.5 Å². The van der Waals surface area contributed by atoms with E-state index < -0.39 is 0 Å². The number of nitrogens with zero attached hydrogens (tertiary/aromatic N) is 2. The van der Waals surface area contributed by atoms with Crippen molar-refractivity contribution < 1.29 is 4.74 Å². The lowest BCUT2D eigenvalue weighted by Gasteiger charge is -2.05. The smallest absolute Gasteiger partial charge is 0.145 e. The minimum Gasteiger partial charge on any atom is -0.456 e. The Hall–Kier alpha value is -2.62. The van der Waals surface area contributed by atoms with Crippen molar-refractivity contribution in [2.75, 3.05) is 0 Å². The molecule has 0 saturated heterocycles. The summed E-state index contributed by atoms with van der Waals surface area (Å²) in [5.41, 5.74) is 2.06. The second kappa shape index (κ2) is 4.71. The number of hydrogen-bond acceptors (Lipinski definition) is 3. The highest BCUT2D eigenvalue weighted by molar-refractivity contribution is 5.59. The molecule has 0 bridgehead atoms. The van der Waals surface area contributed by atoms with E-state index in [0.29, 0.717) is 0 Å². The summed E-state index contributed by atoms with van der Waals surface area (Å²) >= 11 is 0. The van der Waals surface area contributed by atoms with Gasteiger partial charge in [0.05, 0.1) is 11.9 Å². The van der Waals surface area contributed by atoms with E-state index in [-0.39, 0.29) is 0 Å².